The first kappa shape index (κ1) is 22.7. The average Bonchev–Trinajstić information content (AvgIpc) is 3.68. The third-order valence-corrected chi connectivity index (χ3v) is 7.16. The second kappa shape index (κ2) is 10.5. The van der Waals surface area contributed by atoms with Crippen LogP contribution in [0.15, 0.2) is 61.2 Å². The van der Waals surface area contributed by atoms with Crippen molar-refractivity contribution >= 4 is 33.3 Å². The number of hydrogen-bond donors (Lipinski definition) is 1. The van der Waals surface area contributed by atoms with Gasteiger partial charge in [0.05, 0.1) is 17.2 Å². The number of rotatable bonds is 9. The number of anilines is 2. The Labute approximate surface area is 213 Å². The smallest absolute Gasteiger partial charge is 0.211 e. The molecule has 1 N–H and O–H groups in total. The van der Waals surface area contributed by atoms with E-state index in [2.05, 4.69) is 47.7 Å². The van der Waals surface area contributed by atoms with E-state index in [-0.39, 0.29) is 0 Å². The molecule has 5 aromatic rings. The molecule has 1 aliphatic heterocycles. The Morgan fingerprint density at radius 1 is 0.917 bits per heavy atom. The summed E-state index contributed by atoms with van der Waals surface area (Å²) in [4.78, 5) is 16.3. The number of likely N-dealkylation sites (tertiary alicyclic amines) is 1. The SMILES string of the molecule is c1ccc(Cc2nnc(Nc3ccc4ncc(-c5cnn(CCCN6CCCC6)c5)cc4n3)s2)nc1. The van der Waals surface area contributed by atoms with Gasteiger partial charge in [0.25, 0.3) is 0 Å². The number of aromatic nitrogens is 7. The Morgan fingerprint density at radius 2 is 1.86 bits per heavy atom. The van der Waals surface area contributed by atoms with Crippen LogP contribution in [0.25, 0.3) is 22.2 Å². The molecule has 5 aromatic heterocycles. The first-order chi connectivity index (χ1) is 17.8. The van der Waals surface area contributed by atoms with Crippen LogP contribution in [-0.2, 0) is 13.0 Å². The maximum atomic E-state index is 4.77. The summed E-state index contributed by atoms with van der Waals surface area (Å²) in [5.74, 6) is 0.708. The molecule has 0 radical (unpaired) electrons. The van der Waals surface area contributed by atoms with Gasteiger partial charge >= 0.3 is 0 Å². The summed E-state index contributed by atoms with van der Waals surface area (Å²) in [6, 6.07) is 11.8. The van der Waals surface area contributed by atoms with Gasteiger partial charge in [-0.3, -0.25) is 14.6 Å². The predicted octanol–water partition coefficient (Wildman–Crippen LogP) is 4.56. The van der Waals surface area contributed by atoms with Gasteiger partial charge in [0.15, 0.2) is 0 Å². The highest BCUT2D eigenvalue weighted by Crippen LogP contribution is 2.25. The van der Waals surface area contributed by atoms with Crippen LogP contribution in [0, 0.1) is 0 Å². The van der Waals surface area contributed by atoms with Crippen molar-refractivity contribution in [1.29, 1.82) is 0 Å². The lowest BCUT2D eigenvalue weighted by Crippen LogP contribution is -2.21. The lowest BCUT2D eigenvalue weighted by atomic mass is 10.1. The molecule has 10 heteroatoms. The monoisotopic (exact) mass is 497 g/mol. The van der Waals surface area contributed by atoms with Crippen LogP contribution in [-0.4, -0.2) is 59.5 Å². The van der Waals surface area contributed by atoms with Crippen LogP contribution in [0.5, 0.6) is 0 Å². The first-order valence-electron chi connectivity index (χ1n) is 12.3. The number of hydrogen-bond acceptors (Lipinski definition) is 9. The van der Waals surface area contributed by atoms with Crippen LogP contribution in [0.1, 0.15) is 30.0 Å². The van der Waals surface area contributed by atoms with Crippen molar-refractivity contribution in [3.63, 3.8) is 0 Å². The van der Waals surface area contributed by atoms with E-state index in [0.29, 0.717) is 17.4 Å². The molecule has 182 valence electrons. The Balaban J connectivity index is 1.12. The molecule has 0 saturated carbocycles. The highest BCUT2D eigenvalue weighted by molar-refractivity contribution is 7.15. The van der Waals surface area contributed by atoms with Crippen molar-refractivity contribution in [3.05, 3.63) is 71.9 Å². The summed E-state index contributed by atoms with van der Waals surface area (Å²) in [6.45, 7) is 4.55. The van der Waals surface area contributed by atoms with Gasteiger partial charge < -0.3 is 10.2 Å². The third-order valence-electron chi connectivity index (χ3n) is 6.32. The molecule has 0 atom stereocenters. The fourth-order valence-corrected chi connectivity index (χ4v) is 5.24. The summed E-state index contributed by atoms with van der Waals surface area (Å²) in [6.07, 6.45) is 12.1. The summed E-state index contributed by atoms with van der Waals surface area (Å²) in [5, 5.41) is 18.0. The summed E-state index contributed by atoms with van der Waals surface area (Å²) in [7, 11) is 0. The zero-order valence-corrected chi connectivity index (χ0v) is 20.7. The van der Waals surface area contributed by atoms with Crippen molar-refractivity contribution in [2.24, 2.45) is 0 Å². The van der Waals surface area contributed by atoms with E-state index in [1.807, 2.05) is 47.4 Å². The van der Waals surface area contributed by atoms with Crippen molar-refractivity contribution in [1.82, 2.24) is 39.8 Å². The standard InChI is InChI=1S/C26H27N9S/c1-2-9-27-21(6-1)15-25-32-33-26(36-25)31-24-8-7-22-23(30-24)14-19(16-28-22)20-17-29-35(18-20)13-5-12-34-10-3-4-11-34/h1-2,6-9,14,16-18H,3-5,10-13,15H2,(H,30,31,33). The minimum atomic E-state index is 0.657. The highest BCUT2D eigenvalue weighted by atomic mass is 32.1. The maximum Gasteiger partial charge on any atom is 0.211 e. The number of nitrogens with one attached hydrogen (secondary N) is 1. The molecule has 6 rings (SSSR count). The summed E-state index contributed by atoms with van der Waals surface area (Å²) >= 11 is 1.50. The first-order valence-corrected chi connectivity index (χ1v) is 13.1. The van der Waals surface area contributed by atoms with Crippen LogP contribution in [0.3, 0.4) is 0 Å². The summed E-state index contributed by atoms with van der Waals surface area (Å²) in [5.41, 5.74) is 4.69. The van der Waals surface area contributed by atoms with Crippen molar-refractivity contribution < 1.29 is 0 Å². The molecule has 6 heterocycles. The molecule has 0 aliphatic carbocycles. The molecule has 0 aromatic carbocycles. The Kier molecular flexibility index (Phi) is 6.60. The van der Waals surface area contributed by atoms with Gasteiger partial charge in [-0.2, -0.15) is 5.10 Å². The van der Waals surface area contributed by atoms with Crippen molar-refractivity contribution in [3.8, 4) is 11.1 Å². The number of nitrogens with zero attached hydrogens (tertiary/aromatic N) is 8. The summed E-state index contributed by atoms with van der Waals surface area (Å²) < 4.78 is 2.03. The lowest BCUT2D eigenvalue weighted by molar-refractivity contribution is 0.322. The zero-order chi connectivity index (χ0) is 24.2. The maximum absolute atomic E-state index is 4.77. The number of aryl methyl sites for hydroxylation is 1. The molecule has 1 aliphatic rings. The Hall–Kier alpha value is -3.76. The minimum absolute atomic E-state index is 0.657. The Bertz CT molecular complexity index is 1440. The lowest BCUT2D eigenvalue weighted by Gasteiger charge is -2.13. The Morgan fingerprint density at radius 3 is 2.75 bits per heavy atom. The predicted molar refractivity (Wildman–Crippen MR) is 141 cm³/mol. The third kappa shape index (κ3) is 5.39. The largest absolute Gasteiger partial charge is 0.315 e. The van der Waals surface area contributed by atoms with Gasteiger partial charge in [0, 0.05) is 48.4 Å². The molecule has 1 fully saturated rings. The second-order valence-electron chi connectivity index (χ2n) is 8.98. The van der Waals surface area contributed by atoms with Crippen LogP contribution < -0.4 is 5.32 Å². The fourth-order valence-electron chi connectivity index (χ4n) is 4.47. The molecule has 0 amide bonds. The van der Waals surface area contributed by atoms with E-state index in [1.54, 1.807) is 6.20 Å². The molecule has 0 unspecified atom stereocenters. The molecular formula is C26H27N9S. The molecule has 9 nitrogen and oxygen atoms in total. The van der Waals surface area contributed by atoms with E-state index in [0.717, 1.165) is 52.4 Å². The van der Waals surface area contributed by atoms with Crippen LogP contribution in [0.2, 0.25) is 0 Å². The van der Waals surface area contributed by atoms with Crippen molar-refractivity contribution in [2.45, 2.75) is 32.2 Å². The topological polar surface area (TPSA) is 97.5 Å². The van der Waals surface area contributed by atoms with Crippen molar-refractivity contribution in [2.75, 3.05) is 25.0 Å². The van der Waals surface area contributed by atoms with Crippen LogP contribution in [0.4, 0.5) is 10.9 Å². The van der Waals surface area contributed by atoms with Gasteiger partial charge in [0.1, 0.15) is 10.8 Å². The van der Waals surface area contributed by atoms with Gasteiger partial charge in [-0.1, -0.05) is 17.4 Å². The van der Waals surface area contributed by atoms with E-state index < -0.39 is 0 Å². The zero-order valence-electron chi connectivity index (χ0n) is 19.9. The van der Waals surface area contributed by atoms with Gasteiger partial charge in [-0.25, -0.2) is 4.98 Å². The second-order valence-corrected chi connectivity index (χ2v) is 10.0. The van der Waals surface area contributed by atoms with Gasteiger partial charge in [-0.05, 0) is 69.2 Å². The number of pyridine rings is 3. The molecule has 0 spiro atoms. The van der Waals surface area contributed by atoms with E-state index in [1.165, 1.54) is 37.3 Å². The minimum Gasteiger partial charge on any atom is -0.315 e. The van der Waals surface area contributed by atoms with E-state index >= 15 is 0 Å². The number of fused-ring (bicyclic) bond motifs is 1. The van der Waals surface area contributed by atoms with Gasteiger partial charge in [0.2, 0.25) is 5.13 Å². The molecular weight excluding hydrogens is 470 g/mol. The van der Waals surface area contributed by atoms with E-state index in [4.69, 9.17) is 4.98 Å². The average molecular weight is 498 g/mol. The van der Waals surface area contributed by atoms with Gasteiger partial charge in [-0.15, -0.1) is 10.2 Å². The fraction of sp³-hybridized carbons (Fsp3) is 0.308. The quantitative estimate of drug-likeness (QED) is 0.317. The molecule has 0 bridgehead atoms. The normalized spacial score (nSPS) is 14.0. The molecule has 1 saturated heterocycles. The molecule has 36 heavy (non-hydrogen) atoms. The van der Waals surface area contributed by atoms with Crippen LogP contribution >= 0.6 is 11.3 Å². The highest BCUT2D eigenvalue weighted by Gasteiger charge is 2.12. The van der Waals surface area contributed by atoms with E-state index in [9.17, 15) is 0 Å².